The van der Waals surface area contributed by atoms with Gasteiger partial charge in [0, 0.05) is 6.04 Å². The fourth-order valence-electron chi connectivity index (χ4n) is 3.06. The van der Waals surface area contributed by atoms with Crippen LogP contribution in [0.15, 0.2) is 0 Å². The third kappa shape index (κ3) is 2.61. The maximum Gasteiger partial charge on any atom is 0.245 e. The molecular weight excluding hydrogens is 216 g/mol. The molecule has 1 N–H and O–H groups in total. The van der Waals surface area contributed by atoms with E-state index in [4.69, 9.17) is 0 Å². The third-order valence-corrected chi connectivity index (χ3v) is 3.96. The summed E-state index contributed by atoms with van der Waals surface area (Å²) in [6.45, 7) is 6.50. The Bertz CT molecular complexity index is 338. The maximum atomic E-state index is 12.1. The lowest BCUT2D eigenvalue weighted by Crippen LogP contribution is -2.60. The lowest BCUT2D eigenvalue weighted by molar-refractivity contribution is -0.147. The first-order valence-electron chi connectivity index (χ1n) is 6.49. The summed E-state index contributed by atoms with van der Waals surface area (Å²) in [5, 5.41) is 2.69. The molecule has 1 heterocycles. The molecule has 2 fully saturated rings. The van der Waals surface area contributed by atoms with Crippen molar-refractivity contribution in [3.8, 4) is 0 Å². The second kappa shape index (κ2) is 4.31. The van der Waals surface area contributed by atoms with Crippen molar-refractivity contribution >= 4 is 11.8 Å². The molecule has 2 atom stereocenters. The van der Waals surface area contributed by atoms with Crippen LogP contribution in [-0.2, 0) is 9.59 Å². The minimum Gasteiger partial charge on any atom is -0.343 e. The first-order valence-corrected chi connectivity index (χ1v) is 6.49. The number of hydrogen-bond acceptors (Lipinski definition) is 2. The standard InChI is InChI=1S/C13H22N2O2/c1-9-12(17)15(8-11(16)14-9)10-5-4-6-13(2,3)7-10/h9-10H,4-8H2,1-3H3,(H,14,16). The highest BCUT2D eigenvalue weighted by Crippen LogP contribution is 2.37. The van der Waals surface area contributed by atoms with Crippen molar-refractivity contribution in [3.63, 3.8) is 0 Å². The predicted octanol–water partition coefficient (Wildman–Crippen LogP) is 1.30. The van der Waals surface area contributed by atoms with Gasteiger partial charge in [-0.25, -0.2) is 0 Å². The van der Waals surface area contributed by atoms with E-state index in [1.54, 1.807) is 11.8 Å². The lowest BCUT2D eigenvalue weighted by atomic mass is 9.74. The lowest BCUT2D eigenvalue weighted by Gasteiger charge is -2.43. The molecule has 2 unspecified atom stereocenters. The van der Waals surface area contributed by atoms with Crippen LogP contribution in [0.25, 0.3) is 0 Å². The third-order valence-electron chi connectivity index (χ3n) is 3.96. The molecule has 0 aromatic carbocycles. The summed E-state index contributed by atoms with van der Waals surface area (Å²) in [5.41, 5.74) is 0.292. The molecule has 17 heavy (non-hydrogen) atoms. The van der Waals surface area contributed by atoms with Crippen molar-refractivity contribution < 1.29 is 9.59 Å². The molecule has 0 spiro atoms. The quantitative estimate of drug-likeness (QED) is 0.748. The Morgan fingerprint density at radius 3 is 2.71 bits per heavy atom. The SMILES string of the molecule is CC1NC(=O)CN(C2CCCC(C)(C)C2)C1=O. The Morgan fingerprint density at radius 2 is 2.06 bits per heavy atom. The van der Waals surface area contributed by atoms with Crippen LogP contribution in [0.1, 0.15) is 46.5 Å². The van der Waals surface area contributed by atoms with Crippen LogP contribution in [0.5, 0.6) is 0 Å². The Morgan fingerprint density at radius 1 is 1.35 bits per heavy atom. The second-order valence-electron chi connectivity index (χ2n) is 6.17. The molecule has 1 aliphatic carbocycles. The molecule has 0 aromatic heterocycles. The van der Waals surface area contributed by atoms with Crippen LogP contribution in [-0.4, -0.2) is 35.3 Å². The number of piperazine rings is 1. The van der Waals surface area contributed by atoms with Crippen LogP contribution < -0.4 is 5.32 Å². The Balaban J connectivity index is 2.10. The molecule has 2 rings (SSSR count). The van der Waals surface area contributed by atoms with E-state index < -0.39 is 0 Å². The first kappa shape index (κ1) is 12.4. The van der Waals surface area contributed by atoms with Crippen LogP contribution in [0.4, 0.5) is 0 Å². The Hall–Kier alpha value is -1.06. The highest BCUT2D eigenvalue weighted by Gasteiger charge is 2.38. The molecule has 1 aliphatic heterocycles. The summed E-state index contributed by atoms with van der Waals surface area (Å²) < 4.78 is 0. The smallest absolute Gasteiger partial charge is 0.245 e. The highest BCUT2D eigenvalue weighted by molar-refractivity contribution is 5.94. The van der Waals surface area contributed by atoms with Crippen molar-refractivity contribution in [2.45, 2.75) is 58.5 Å². The number of carbonyl (C=O) groups is 2. The van der Waals surface area contributed by atoms with Gasteiger partial charge < -0.3 is 10.2 Å². The van der Waals surface area contributed by atoms with Crippen molar-refractivity contribution in [2.75, 3.05) is 6.54 Å². The van der Waals surface area contributed by atoms with Gasteiger partial charge in [-0.1, -0.05) is 20.3 Å². The molecule has 96 valence electrons. The van der Waals surface area contributed by atoms with Gasteiger partial charge in [0.15, 0.2) is 0 Å². The normalized spacial score (nSPS) is 33.5. The van der Waals surface area contributed by atoms with E-state index >= 15 is 0 Å². The molecule has 0 radical (unpaired) electrons. The zero-order valence-electron chi connectivity index (χ0n) is 11.0. The van der Waals surface area contributed by atoms with Gasteiger partial charge in [0.25, 0.3) is 0 Å². The van der Waals surface area contributed by atoms with E-state index in [0.717, 1.165) is 19.3 Å². The van der Waals surface area contributed by atoms with Gasteiger partial charge in [0.2, 0.25) is 11.8 Å². The van der Waals surface area contributed by atoms with Crippen LogP contribution in [0.2, 0.25) is 0 Å². The number of hydrogen-bond donors (Lipinski definition) is 1. The van der Waals surface area contributed by atoms with Gasteiger partial charge in [-0.2, -0.15) is 0 Å². The van der Waals surface area contributed by atoms with Crippen molar-refractivity contribution in [2.24, 2.45) is 5.41 Å². The van der Waals surface area contributed by atoms with E-state index in [0.29, 0.717) is 5.41 Å². The zero-order valence-corrected chi connectivity index (χ0v) is 11.0. The van der Waals surface area contributed by atoms with Crippen LogP contribution in [0, 0.1) is 5.41 Å². The molecule has 2 aliphatic rings. The number of nitrogens with zero attached hydrogens (tertiary/aromatic N) is 1. The number of amides is 2. The van der Waals surface area contributed by atoms with Crippen LogP contribution in [0.3, 0.4) is 0 Å². The molecule has 0 bridgehead atoms. The molecule has 4 nitrogen and oxygen atoms in total. The summed E-state index contributed by atoms with van der Waals surface area (Å²) in [6.07, 6.45) is 4.42. The maximum absolute atomic E-state index is 12.1. The Labute approximate surface area is 103 Å². The number of nitrogens with one attached hydrogen (secondary N) is 1. The van der Waals surface area contributed by atoms with Gasteiger partial charge in [-0.3, -0.25) is 9.59 Å². The zero-order chi connectivity index (χ0) is 12.6. The summed E-state index contributed by atoms with van der Waals surface area (Å²) in [5.74, 6) is 0.0489. The molecule has 0 aromatic rings. The van der Waals surface area contributed by atoms with E-state index in [1.807, 2.05) is 0 Å². The molecular formula is C13H22N2O2. The van der Waals surface area contributed by atoms with Crippen LogP contribution >= 0.6 is 0 Å². The highest BCUT2D eigenvalue weighted by atomic mass is 16.2. The van der Waals surface area contributed by atoms with Crippen molar-refractivity contribution in [1.82, 2.24) is 10.2 Å². The van der Waals surface area contributed by atoms with E-state index in [2.05, 4.69) is 19.2 Å². The summed E-state index contributed by atoms with van der Waals surface area (Å²) >= 11 is 0. The summed E-state index contributed by atoms with van der Waals surface area (Å²) in [6, 6.07) is -0.110. The largest absolute Gasteiger partial charge is 0.343 e. The van der Waals surface area contributed by atoms with E-state index in [9.17, 15) is 9.59 Å². The summed E-state index contributed by atoms with van der Waals surface area (Å²) in [4.78, 5) is 25.4. The minimum absolute atomic E-state index is 0.0273. The van der Waals surface area contributed by atoms with Crippen molar-refractivity contribution in [3.05, 3.63) is 0 Å². The molecule has 4 heteroatoms. The monoisotopic (exact) mass is 238 g/mol. The van der Waals surface area contributed by atoms with Gasteiger partial charge in [0.05, 0.1) is 6.54 Å². The van der Waals surface area contributed by atoms with E-state index in [1.165, 1.54) is 6.42 Å². The van der Waals surface area contributed by atoms with Gasteiger partial charge in [0.1, 0.15) is 6.04 Å². The molecule has 1 saturated carbocycles. The number of carbonyl (C=O) groups excluding carboxylic acids is 2. The van der Waals surface area contributed by atoms with E-state index in [-0.39, 0.29) is 30.4 Å². The van der Waals surface area contributed by atoms with Gasteiger partial charge in [-0.05, 0) is 31.6 Å². The molecule has 1 saturated heterocycles. The fraction of sp³-hybridized carbons (Fsp3) is 0.846. The summed E-state index contributed by atoms with van der Waals surface area (Å²) in [7, 11) is 0. The average Bonchev–Trinajstić information content (AvgIpc) is 2.22. The first-order chi connectivity index (χ1) is 7.89. The van der Waals surface area contributed by atoms with Gasteiger partial charge >= 0.3 is 0 Å². The topological polar surface area (TPSA) is 49.4 Å². The number of rotatable bonds is 1. The van der Waals surface area contributed by atoms with Crippen molar-refractivity contribution in [1.29, 1.82) is 0 Å². The minimum atomic E-state index is -0.360. The Kier molecular flexibility index (Phi) is 3.15. The fourth-order valence-corrected chi connectivity index (χ4v) is 3.06. The second-order valence-corrected chi connectivity index (χ2v) is 6.17. The molecule has 2 amide bonds. The average molecular weight is 238 g/mol. The van der Waals surface area contributed by atoms with Gasteiger partial charge in [-0.15, -0.1) is 0 Å². The predicted molar refractivity (Wildman–Crippen MR) is 65.4 cm³/mol.